The second-order valence-corrected chi connectivity index (χ2v) is 8.61. The number of rotatable bonds is 6. The summed E-state index contributed by atoms with van der Waals surface area (Å²) in [6, 6.07) is 0. The van der Waals surface area contributed by atoms with Crippen LogP contribution in [0.5, 0.6) is 0 Å². The van der Waals surface area contributed by atoms with E-state index in [1.165, 1.54) is 0 Å². The molecule has 0 rings (SSSR count). The molecule has 0 amide bonds. The van der Waals surface area contributed by atoms with Crippen LogP contribution in [0.1, 0.15) is 47.5 Å². The van der Waals surface area contributed by atoms with Crippen LogP contribution in [-0.2, 0) is 8.85 Å². The first kappa shape index (κ1) is 14.1. The quantitative estimate of drug-likeness (QED) is 0.633. The van der Waals surface area contributed by atoms with Crippen LogP contribution in [0, 0.1) is 0 Å². The van der Waals surface area contributed by atoms with E-state index in [2.05, 4.69) is 41.2 Å². The van der Waals surface area contributed by atoms with Crippen molar-refractivity contribution in [2.45, 2.75) is 65.1 Å². The van der Waals surface area contributed by atoms with E-state index in [-0.39, 0.29) is 5.04 Å². The van der Waals surface area contributed by atoms with Crippen molar-refractivity contribution < 1.29 is 8.85 Å². The van der Waals surface area contributed by atoms with Gasteiger partial charge in [-0.1, -0.05) is 27.7 Å². The van der Waals surface area contributed by atoms with Crippen molar-refractivity contribution in [1.29, 1.82) is 0 Å². The summed E-state index contributed by atoms with van der Waals surface area (Å²) in [7, 11) is -0.251. The molecule has 3 heteroatoms. The maximum atomic E-state index is 6.11. The lowest BCUT2D eigenvalue weighted by Crippen LogP contribution is -2.49. The van der Waals surface area contributed by atoms with Gasteiger partial charge in [0.1, 0.15) is 0 Å². The fraction of sp³-hybridized carbons (Fsp3) is 1.00. The second kappa shape index (κ2) is 5.28. The molecule has 0 aliphatic rings. The van der Waals surface area contributed by atoms with E-state index in [0.717, 1.165) is 12.8 Å². The fourth-order valence-corrected chi connectivity index (χ4v) is 3.82. The zero-order valence-electron chi connectivity index (χ0n) is 10.8. The standard InChI is InChI=1S/C11H26O2Si/c1-8-10(3)13-14(7,12-6)11(4,5)9-2/h10H,8-9H2,1-7H3. The van der Waals surface area contributed by atoms with Crippen molar-refractivity contribution in [3.8, 4) is 0 Å². The molecule has 0 aliphatic heterocycles. The van der Waals surface area contributed by atoms with E-state index in [0.29, 0.717) is 6.10 Å². The Labute approximate surface area is 90.2 Å². The van der Waals surface area contributed by atoms with Crippen LogP contribution < -0.4 is 0 Å². The zero-order chi connectivity index (χ0) is 11.4. The smallest absolute Gasteiger partial charge is 0.340 e. The monoisotopic (exact) mass is 218 g/mol. The van der Waals surface area contributed by atoms with Crippen LogP contribution >= 0.6 is 0 Å². The minimum atomic E-state index is -2.04. The topological polar surface area (TPSA) is 18.5 Å². The van der Waals surface area contributed by atoms with Gasteiger partial charge in [-0.25, -0.2) is 0 Å². The molecule has 0 aromatic rings. The van der Waals surface area contributed by atoms with E-state index in [1.54, 1.807) is 7.11 Å². The summed E-state index contributed by atoms with van der Waals surface area (Å²) in [6.07, 6.45) is 2.45. The lowest BCUT2D eigenvalue weighted by atomic mass is 10.1. The molecule has 0 saturated heterocycles. The van der Waals surface area contributed by atoms with Crippen LogP contribution in [0.25, 0.3) is 0 Å². The lowest BCUT2D eigenvalue weighted by molar-refractivity contribution is 0.122. The molecule has 0 spiro atoms. The first-order valence-corrected chi connectivity index (χ1v) is 7.87. The van der Waals surface area contributed by atoms with E-state index < -0.39 is 8.56 Å². The maximum Gasteiger partial charge on any atom is 0.340 e. The SMILES string of the molecule is CCC(C)O[Si](C)(OC)C(C)(C)CC. The Balaban J connectivity index is 4.62. The Morgan fingerprint density at radius 2 is 1.79 bits per heavy atom. The van der Waals surface area contributed by atoms with Gasteiger partial charge < -0.3 is 8.85 Å². The first-order valence-electron chi connectivity index (χ1n) is 5.56. The minimum Gasteiger partial charge on any atom is -0.397 e. The summed E-state index contributed by atoms with van der Waals surface area (Å²) >= 11 is 0. The van der Waals surface area contributed by atoms with Gasteiger partial charge in [-0.15, -0.1) is 0 Å². The summed E-state index contributed by atoms with van der Waals surface area (Å²) < 4.78 is 11.8. The molecule has 0 saturated carbocycles. The summed E-state index contributed by atoms with van der Waals surface area (Å²) in [5, 5.41) is 0.172. The van der Waals surface area contributed by atoms with Gasteiger partial charge in [-0.3, -0.25) is 0 Å². The molecule has 0 fully saturated rings. The molecule has 86 valence electrons. The Bertz CT molecular complexity index is 171. The summed E-state index contributed by atoms with van der Waals surface area (Å²) in [4.78, 5) is 0. The molecular formula is C11H26O2Si. The van der Waals surface area contributed by atoms with Gasteiger partial charge in [0.05, 0.1) is 0 Å². The van der Waals surface area contributed by atoms with Crippen LogP contribution in [0.3, 0.4) is 0 Å². The Kier molecular flexibility index (Phi) is 5.34. The van der Waals surface area contributed by atoms with Gasteiger partial charge in [-0.05, 0) is 26.3 Å². The molecule has 2 nitrogen and oxygen atoms in total. The van der Waals surface area contributed by atoms with Crippen LogP contribution in [0.4, 0.5) is 0 Å². The molecule has 0 heterocycles. The summed E-state index contributed by atoms with van der Waals surface area (Å²) in [5.41, 5.74) is 0. The lowest BCUT2D eigenvalue weighted by Gasteiger charge is -2.40. The molecule has 0 aliphatic carbocycles. The van der Waals surface area contributed by atoms with Gasteiger partial charge in [0.25, 0.3) is 0 Å². The molecule has 0 aromatic heterocycles. The highest BCUT2D eigenvalue weighted by molar-refractivity contribution is 6.69. The zero-order valence-corrected chi connectivity index (χ0v) is 11.8. The predicted molar refractivity (Wildman–Crippen MR) is 63.8 cm³/mol. The molecule has 0 bridgehead atoms. The molecule has 2 atom stereocenters. The number of hydrogen-bond acceptors (Lipinski definition) is 2. The maximum absolute atomic E-state index is 6.11. The van der Waals surface area contributed by atoms with Crippen molar-refractivity contribution in [2.24, 2.45) is 0 Å². The van der Waals surface area contributed by atoms with Gasteiger partial charge in [-0.2, -0.15) is 0 Å². The average Bonchev–Trinajstić information content (AvgIpc) is 2.17. The molecular weight excluding hydrogens is 192 g/mol. The van der Waals surface area contributed by atoms with Gasteiger partial charge in [0.2, 0.25) is 0 Å². The third-order valence-electron chi connectivity index (χ3n) is 3.50. The van der Waals surface area contributed by atoms with Crippen molar-refractivity contribution in [2.75, 3.05) is 7.11 Å². The first-order chi connectivity index (χ1) is 6.33. The van der Waals surface area contributed by atoms with Crippen molar-refractivity contribution >= 4 is 8.56 Å². The van der Waals surface area contributed by atoms with E-state index >= 15 is 0 Å². The Morgan fingerprint density at radius 3 is 2.07 bits per heavy atom. The summed E-state index contributed by atoms with van der Waals surface area (Å²) in [5.74, 6) is 0. The predicted octanol–water partition coefficient (Wildman–Crippen LogP) is 3.71. The average molecular weight is 218 g/mol. The number of hydrogen-bond donors (Lipinski definition) is 0. The summed E-state index contributed by atoms with van der Waals surface area (Å²) in [6.45, 7) is 13.1. The van der Waals surface area contributed by atoms with E-state index in [1.807, 2.05) is 0 Å². The van der Waals surface area contributed by atoms with Gasteiger partial charge in [0, 0.05) is 18.3 Å². The van der Waals surface area contributed by atoms with Gasteiger partial charge in [0.15, 0.2) is 0 Å². The minimum absolute atomic E-state index is 0.172. The molecule has 14 heavy (non-hydrogen) atoms. The third kappa shape index (κ3) is 3.07. The highest BCUT2D eigenvalue weighted by atomic mass is 28.4. The van der Waals surface area contributed by atoms with E-state index in [9.17, 15) is 0 Å². The third-order valence-corrected chi connectivity index (χ3v) is 7.95. The van der Waals surface area contributed by atoms with Crippen LogP contribution in [-0.4, -0.2) is 21.8 Å². The van der Waals surface area contributed by atoms with Crippen LogP contribution in [0.2, 0.25) is 11.6 Å². The van der Waals surface area contributed by atoms with Crippen molar-refractivity contribution in [3.05, 3.63) is 0 Å². The fourth-order valence-electron chi connectivity index (χ4n) is 1.27. The van der Waals surface area contributed by atoms with E-state index in [4.69, 9.17) is 8.85 Å². The highest BCUT2D eigenvalue weighted by Gasteiger charge is 2.46. The Hall–Kier alpha value is 0.137. The second-order valence-electron chi connectivity index (χ2n) is 4.72. The molecule has 0 N–H and O–H groups in total. The van der Waals surface area contributed by atoms with Gasteiger partial charge >= 0.3 is 8.56 Å². The van der Waals surface area contributed by atoms with Crippen LogP contribution in [0.15, 0.2) is 0 Å². The Morgan fingerprint density at radius 1 is 1.29 bits per heavy atom. The van der Waals surface area contributed by atoms with Crippen molar-refractivity contribution in [1.82, 2.24) is 0 Å². The molecule has 0 radical (unpaired) electrons. The largest absolute Gasteiger partial charge is 0.397 e. The molecule has 2 unspecified atom stereocenters. The van der Waals surface area contributed by atoms with Crippen molar-refractivity contribution in [3.63, 3.8) is 0 Å². The highest BCUT2D eigenvalue weighted by Crippen LogP contribution is 2.41. The molecule has 0 aromatic carbocycles. The normalized spacial score (nSPS) is 19.1.